The van der Waals surface area contributed by atoms with Gasteiger partial charge in [-0.3, -0.25) is 0 Å². The van der Waals surface area contributed by atoms with Gasteiger partial charge < -0.3 is 5.73 Å². The molecule has 0 spiro atoms. The molecule has 0 fully saturated rings. The van der Waals surface area contributed by atoms with Crippen LogP contribution in [0.1, 0.15) is 23.1 Å². The molecule has 2 heteroatoms. The smallest absolute Gasteiger partial charge is 0.127 e. The molecule has 0 aliphatic heterocycles. The number of fused-ring (bicyclic) bond motifs is 1. The molecule has 0 saturated heterocycles. The van der Waals surface area contributed by atoms with Crippen LogP contribution in [0.15, 0.2) is 54.6 Å². The van der Waals surface area contributed by atoms with E-state index in [4.69, 9.17) is 5.73 Å². The molecular weight excluding hydrogens is 225 g/mol. The Morgan fingerprint density at radius 3 is 2.44 bits per heavy atom. The maximum absolute atomic E-state index is 14.5. The zero-order valence-electron chi connectivity index (χ0n) is 10.1. The fourth-order valence-corrected chi connectivity index (χ4v) is 2.87. The van der Waals surface area contributed by atoms with Crippen LogP contribution >= 0.6 is 0 Å². The van der Waals surface area contributed by atoms with Crippen LogP contribution in [0.25, 0.3) is 0 Å². The lowest BCUT2D eigenvalue weighted by molar-refractivity contribution is 0.196. The first-order valence-corrected chi connectivity index (χ1v) is 6.30. The first-order valence-electron chi connectivity index (χ1n) is 6.30. The van der Waals surface area contributed by atoms with Gasteiger partial charge in [-0.2, -0.15) is 0 Å². The Hall–Kier alpha value is -1.67. The molecule has 0 bridgehead atoms. The van der Waals surface area contributed by atoms with Crippen molar-refractivity contribution < 1.29 is 4.39 Å². The van der Waals surface area contributed by atoms with E-state index in [0.717, 1.165) is 23.1 Å². The van der Waals surface area contributed by atoms with E-state index in [0.29, 0.717) is 6.42 Å². The molecule has 2 atom stereocenters. The zero-order chi connectivity index (χ0) is 12.6. The third-order valence-corrected chi connectivity index (χ3v) is 3.88. The molecule has 0 heterocycles. The topological polar surface area (TPSA) is 26.0 Å². The predicted octanol–water partition coefficient (Wildman–Crippen LogP) is 3.17. The molecule has 2 aromatic rings. The van der Waals surface area contributed by atoms with Gasteiger partial charge in [0.25, 0.3) is 0 Å². The average molecular weight is 241 g/mol. The van der Waals surface area contributed by atoms with Crippen molar-refractivity contribution in [2.75, 3.05) is 0 Å². The van der Waals surface area contributed by atoms with E-state index in [-0.39, 0.29) is 0 Å². The van der Waals surface area contributed by atoms with Gasteiger partial charge in [-0.1, -0.05) is 54.6 Å². The van der Waals surface area contributed by atoms with Crippen molar-refractivity contribution in [3.05, 3.63) is 71.3 Å². The standard InChI is InChI=1S/C16H16FN/c17-15-11-10-12-6-4-5-9-14(12)16(15,18)13-7-2-1-3-8-13/h1-9,15H,10-11,18H2. The highest BCUT2D eigenvalue weighted by atomic mass is 19.1. The minimum Gasteiger partial charge on any atom is -0.315 e. The summed E-state index contributed by atoms with van der Waals surface area (Å²) in [5, 5.41) is 0. The second-order valence-electron chi connectivity index (χ2n) is 4.90. The quantitative estimate of drug-likeness (QED) is 0.815. The molecule has 0 amide bonds. The van der Waals surface area contributed by atoms with E-state index < -0.39 is 11.7 Å². The number of alkyl halides is 1. The van der Waals surface area contributed by atoms with Crippen molar-refractivity contribution >= 4 is 0 Å². The number of benzene rings is 2. The highest BCUT2D eigenvalue weighted by molar-refractivity contribution is 5.46. The third kappa shape index (κ3) is 1.57. The molecule has 2 N–H and O–H groups in total. The average Bonchev–Trinajstić information content (AvgIpc) is 2.44. The molecule has 3 rings (SSSR count). The normalized spacial score (nSPS) is 26.7. The van der Waals surface area contributed by atoms with Gasteiger partial charge in [0.15, 0.2) is 0 Å². The Morgan fingerprint density at radius 1 is 1.00 bits per heavy atom. The fraction of sp³-hybridized carbons (Fsp3) is 0.250. The Bertz CT molecular complexity index is 552. The number of halogens is 1. The summed E-state index contributed by atoms with van der Waals surface area (Å²) < 4.78 is 14.5. The summed E-state index contributed by atoms with van der Waals surface area (Å²) in [5.74, 6) is 0. The van der Waals surface area contributed by atoms with Crippen molar-refractivity contribution in [3.8, 4) is 0 Å². The second kappa shape index (κ2) is 4.21. The fourth-order valence-electron chi connectivity index (χ4n) is 2.87. The Morgan fingerprint density at radius 2 is 1.67 bits per heavy atom. The number of hydrogen-bond acceptors (Lipinski definition) is 1. The Labute approximate surface area is 106 Å². The van der Waals surface area contributed by atoms with Crippen molar-refractivity contribution in [2.24, 2.45) is 5.73 Å². The molecule has 1 aliphatic carbocycles. The minimum atomic E-state index is -1.03. The van der Waals surface area contributed by atoms with Crippen molar-refractivity contribution in [1.82, 2.24) is 0 Å². The van der Waals surface area contributed by atoms with Gasteiger partial charge in [-0.15, -0.1) is 0 Å². The van der Waals surface area contributed by atoms with Crippen LogP contribution in [0.5, 0.6) is 0 Å². The van der Waals surface area contributed by atoms with Crippen LogP contribution in [0.3, 0.4) is 0 Å². The molecule has 2 aromatic carbocycles. The monoisotopic (exact) mass is 241 g/mol. The predicted molar refractivity (Wildman–Crippen MR) is 71.1 cm³/mol. The van der Waals surface area contributed by atoms with Crippen molar-refractivity contribution in [3.63, 3.8) is 0 Å². The van der Waals surface area contributed by atoms with Crippen molar-refractivity contribution in [2.45, 2.75) is 24.6 Å². The first-order chi connectivity index (χ1) is 8.73. The molecule has 0 saturated carbocycles. The molecule has 2 unspecified atom stereocenters. The summed E-state index contributed by atoms with van der Waals surface area (Å²) in [5.41, 5.74) is 8.40. The zero-order valence-corrected chi connectivity index (χ0v) is 10.1. The van der Waals surface area contributed by atoms with E-state index in [1.54, 1.807) is 0 Å². The van der Waals surface area contributed by atoms with E-state index in [2.05, 4.69) is 0 Å². The van der Waals surface area contributed by atoms with Gasteiger partial charge in [0.05, 0.1) is 5.54 Å². The summed E-state index contributed by atoms with van der Waals surface area (Å²) in [4.78, 5) is 0. The van der Waals surface area contributed by atoms with Crippen LogP contribution in [0.4, 0.5) is 4.39 Å². The summed E-state index contributed by atoms with van der Waals surface area (Å²) >= 11 is 0. The molecule has 1 aliphatic rings. The Balaban J connectivity index is 2.21. The van der Waals surface area contributed by atoms with Crippen molar-refractivity contribution in [1.29, 1.82) is 0 Å². The minimum absolute atomic E-state index is 0.488. The van der Waals surface area contributed by atoms with Crippen LogP contribution in [0, 0.1) is 0 Å². The lowest BCUT2D eigenvalue weighted by Gasteiger charge is -2.39. The van der Waals surface area contributed by atoms with E-state index >= 15 is 0 Å². The van der Waals surface area contributed by atoms with E-state index in [1.165, 1.54) is 0 Å². The SMILES string of the molecule is NC1(c2ccccc2)c2ccccc2CCC1F. The highest BCUT2D eigenvalue weighted by Gasteiger charge is 2.42. The third-order valence-electron chi connectivity index (χ3n) is 3.88. The number of rotatable bonds is 1. The van der Waals surface area contributed by atoms with Crippen LogP contribution in [-0.4, -0.2) is 6.17 Å². The summed E-state index contributed by atoms with van der Waals surface area (Å²) in [6.45, 7) is 0. The molecule has 18 heavy (non-hydrogen) atoms. The van der Waals surface area contributed by atoms with Gasteiger partial charge in [0.1, 0.15) is 6.17 Å². The van der Waals surface area contributed by atoms with Gasteiger partial charge in [-0.05, 0) is 29.5 Å². The summed E-state index contributed by atoms with van der Waals surface area (Å²) in [6.07, 6.45) is 0.223. The summed E-state index contributed by atoms with van der Waals surface area (Å²) in [6, 6.07) is 17.5. The summed E-state index contributed by atoms with van der Waals surface area (Å²) in [7, 11) is 0. The first kappa shape index (κ1) is 11.4. The maximum atomic E-state index is 14.5. The van der Waals surface area contributed by atoms with E-state index in [9.17, 15) is 4.39 Å². The van der Waals surface area contributed by atoms with Gasteiger partial charge >= 0.3 is 0 Å². The lowest BCUT2D eigenvalue weighted by atomic mass is 9.72. The molecule has 0 aromatic heterocycles. The van der Waals surface area contributed by atoms with E-state index in [1.807, 2.05) is 54.6 Å². The van der Waals surface area contributed by atoms with Gasteiger partial charge in [-0.25, -0.2) is 4.39 Å². The highest BCUT2D eigenvalue weighted by Crippen LogP contribution is 2.40. The molecule has 0 radical (unpaired) electrons. The van der Waals surface area contributed by atoms with Crippen LogP contribution < -0.4 is 5.73 Å². The lowest BCUT2D eigenvalue weighted by Crippen LogP contribution is -2.49. The van der Waals surface area contributed by atoms with Gasteiger partial charge in [0, 0.05) is 0 Å². The second-order valence-corrected chi connectivity index (χ2v) is 4.90. The van der Waals surface area contributed by atoms with Crippen LogP contribution in [0.2, 0.25) is 0 Å². The maximum Gasteiger partial charge on any atom is 0.127 e. The Kier molecular flexibility index (Phi) is 2.67. The molecular formula is C16H16FN. The van der Waals surface area contributed by atoms with Crippen LogP contribution in [-0.2, 0) is 12.0 Å². The number of aryl methyl sites for hydroxylation is 1. The largest absolute Gasteiger partial charge is 0.315 e. The molecule has 1 nitrogen and oxygen atoms in total. The molecule has 92 valence electrons. The number of hydrogen-bond donors (Lipinski definition) is 1. The number of nitrogens with two attached hydrogens (primary N) is 1. The van der Waals surface area contributed by atoms with Gasteiger partial charge in [0.2, 0.25) is 0 Å².